The molecule has 0 aliphatic carbocycles. The first-order valence-corrected chi connectivity index (χ1v) is 10.6. The van der Waals surface area contributed by atoms with Crippen LogP contribution < -0.4 is 0 Å². The van der Waals surface area contributed by atoms with Gasteiger partial charge in [0, 0.05) is 31.3 Å². The molecular formula is C22H26N6O. The maximum atomic E-state index is 13.3. The molecule has 2 aliphatic rings. The fourth-order valence-corrected chi connectivity index (χ4v) is 4.51. The zero-order chi connectivity index (χ0) is 19.8. The van der Waals surface area contributed by atoms with Crippen LogP contribution in [0.5, 0.6) is 0 Å². The third-order valence-corrected chi connectivity index (χ3v) is 6.04. The Morgan fingerprint density at radius 2 is 1.90 bits per heavy atom. The Hall–Kier alpha value is -2.96. The van der Waals surface area contributed by atoms with Gasteiger partial charge in [0.2, 0.25) is 0 Å². The minimum Gasteiger partial charge on any atom is -0.328 e. The summed E-state index contributed by atoms with van der Waals surface area (Å²) < 4.78 is 4.10. The van der Waals surface area contributed by atoms with Crippen molar-refractivity contribution in [3.63, 3.8) is 0 Å². The summed E-state index contributed by atoms with van der Waals surface area (Å²) in [6.07, 6.45) is 10.3. The van der Waals surface area contributed by atoms with Crippen molar-refractivity contribution >= 4 is 5.91 Å². The molecule has 150 valence electrons. The maximum Gasteiger partial charge on any atom is 0.254 e. The SMILES string of the molecule is Cc1cnn(-c2ccc(C(=O)N3CCCC3c3nnc4n3CCCCC4)cc2)c1. The van der Waals surface area contributed by atoms with E-state index in [1.54, 1.807) is 0 Å². The molecule has 7 heteroatoms. The molecule has 7 nitrogen and oxygen atoms in total. The number of aryl methyl sites for hydroxylation is 2. The van der Waals surface area contributed by atoms with Crippen molar-refractivity contribution in [2.24, 2.45) is 0 Å². The summed E-state index contributed by atoms with van der Waals surface area (Å²) in [5, 5.41) is 13.3. The van der Waals surface area contributed by atoms with Crippen molar-refractivity contribution in [2.75, 3.05) is 6.54 Å². The van der Waals surface area contributed by atoms with Crippen LogP contribution >= 0.6 is 0 Å². The lowest BCUT2D eigenvalue weighted by Crippen LogP contribution is -2.32. The van der Waals surface area contributed by atoms with E-state index in [1.165, 1.54) is 12.8 Å². The van der Waals surface area contributed by atoms with E-state index in [1.807, 2.05) is 53.2 Å². The third kappa shape index (κ3) is 3.34. The number of nitrogens with zero attached hydrogens (tertiary/aromatic N) is 6. The van der Waals surface area contributed by atoms with Gasteiger partial charge in [0.1, 0.15) is 5.82 Å². The highest BCUT2D eigenvalue weighted by Gasteiger charge is 2.34. The van der Waals surface area contributed by atoms with Gasteiger partial charge in [-0.15, -0.1) is 10.2 Å². The van der Waals surface area contributed by atoms with Crippen molar-refractivity contribution in [1.82, 2.24) is 29.4 Å². The molecule has 1 unspecified atom stereocenters. The smallest absolute Gasteiger partial charge is 0.254 e. The molecule has 1 fully saturated rings. The number of likely N-dealkylation sites (tertiary alicyclic amines) is 1. The van der Waals surface area contributed by atoms with E-state index in [4.69, 9.17) is 0 Å². The molecule has 1 saturated heterocycles. The zero-order valence-electron chi connectivity index (χ0n) is 16.8. The van der Waals surface area contributed by atoms with Gasteiger partial charge < -0.3 is 9.47 Å². The lowest BCUT2D eigenvalue weighted by Gasteiger charge is -2.25. The number of aromatic nitrogens is 5. The summed E-state index contributed by atoms with van der Waals surface area (Å²) in [5.74, 6) is 2.12. The number of fused-ring (bicyclic) bond motifs is 1. The average molecular weight is 390 g/mol. The van der Waals surface area contributed by atoms with Gasteiger partial charge in [0.05, 0.1) is 17.9 Å². The number of hydrogen-bond acceptors (Lipinski definition) is 4. The second kappa shape index (κ2) is 7.46. The number of rotatable bonds is 3. The molecule has 2 aromatic heterocycles. The minimum absolute atomic E-state index is 0.0234. The van der Waals surface area contributed by atoms with Crippen molar-refractivity contribution in [3.8, 4) is 5.69 Å². The fraction of sp³-hybridized carbons (Fsp3) is 0.455. The van der Waals surface area contributed by atoms with Gasteiger partial charge in [-0.25, -0.2) is 4.68 Å². The van der Waals surface area contributed by atoms with Crippen LogP contribution in [0.4, 0.5) is 0 Å². The lowest BCUT2D eigenvalue weighted by atomic mass is 10.1. The van der Waals surface area contributed by atoms with Gasteiger partial charge in [0.25, 0.3) is 5.91 Å². The first-order chi connectivity index (χ1) is 14.2. The lowest BCUT2D eigenvalue weighted by molar-refractivity contribution is 0.0727. The molecular weight excluding hydrogens is 364 g/mol. The summed E-state index contributed by atoms with van der Waals surface area (Å²) in [6, 6.07) is 7.72. The molecule has 1 atom stereocenters. The highest BCUT2D eigenvalue weighted by Crippen LogP contribution is 2.33. The number of carbonyl (C=O) groups excluding carboxylic acids is 1. The normalized spacial score (nSPS) is 19.2. The number of hydrogen-bond donors (Lipinski definition) is 0. The Morgan fingerprint density at radius 1 is 1.03 bits per heavy atom. The largest absolute Gasteiger partial charge is 0.328 e. The second-order valence-electron chi connectivity index (χ2n) is 8.10. The minimum atomic E-state index is 0.0234. The summed E-state index contributed by atoms with van der Waals surface area (Å²) in [4.78, 5) is 15.3. The fourth-order valence-electron chi connectivity index (χ4n) is 4.51. The van der Waals surface area contributed by atoms with E-state index >= 15 is 0 Å². The number of carbonyl (C=O) groups is 1. The van der Waals surface area contributed by atoms with Gasteiger partial charge in [-0.3, -0.25) is 4.79 Å². The molecule has 0 bridgehead atoms. The Balaban J connectivity index is 1.39. The Kier molecular flexibility index (Phi) is 4.66. The standard InChI is InChI=1S/C22H26N6O/c1-16-14-23-28(15-16)18-10-8-17(9-11-18)22(29)26-13-5-6-19(26)21-25-24-20-7-3-2-4-12-27(20)21/h8-11,14-15,19H,2-7,12-13H2,1H3. The Morgan fingerprint density at radius 3 is 2.69 bits per heavy atom. The molecule has 0 radical (unpaired) electrons. The van der Waals surface area contributed by atoms with E-state index < -0.39 is 0 Å². The quantitative estimate of drug-likeness (QED) is 0.687. The topological polar surface area (TPSA) is 68.8 Å². The Bertz CT molecular complexity index is 1020. The average Bonchev–Trinajstić information content (AvgIpc) is 3.44. The highest BCUT2D eigenvalue weighted by molar-refractivity contribution is 5.94. The van der Waals surface area contributed by atoms with Gasteiger partial charge in [0.15, 0.2) is 5.82 Å². The maximum absolute atomic E-state index is 13.3. The molecule has 29 heavy (non-hydrogen) atoms. The van der Waals surface area contributed by atoms with E-state index in [0.717, 1.165) is 61.7 Å². The van der Waals surface area contributed by atoms with Crippen LogP contribution in [0.25, 0.3) is 5.69 Å². The predicted octanol–water partition coefficient (Wildman–Crippen LogP) is 3.48. The molecule has 1 amide bonds. The van der Waals surface area contributed by atoms with E-state index in [2.05, 4.69) is 19.9 Å². The predicted molar refractivity (Wildman–Crippen MR) is 109 cm³/mol. The zero-order valence-corrected chi connectivity index (χ0v) is 16.8. The molecule has 4 heterocycles. The van der Waals surface area contributed by atoms with Crippen LogP contribution in [-0.4, -0.2) is 41.9 Å². The van der Waals surface area contributed by atoms with Crippen molar-refractivity contribution in [1.29, 1.82) is 0 Å². The first kappa shape index (κ1) is 18.1. The van der Waals surface area contributed by atoms with Crippen LogP contribution in [0, 0.1) is 6.92 Å². The monoisotopic (exact) mass is 390 g/mol. The van der Waals surface area contributed by atoms with Crippen LogP contribution in [-0.2, 0) is 13.0 Å². The molecule has 3 aromatic rings. The molecule has 0 spiro atoms. The van der Waals surface area contributed by atoms with Crippen molar-refractivity contribution in [2.45, 2.75) is 58.0 Å². The molecule has 2 aliphatic heterocycles. The molecule has 5 rings (SSSR count). The highest BCUT2D eigenvalue weighted by atomic mass is 16.2. The second-order valence-corrected chi connectivity index (χ2v) is 8.10. The van der Waals surface area contributed by atoms with Gasteiger partial charge in [-0.1, -0.05) is 6.42 Å². The summed E-state index contributed by atoms with van der Waals surface area (Å²) in [5.41, 5.74) is 2.77. The van der Waals surface area contributed by atoms with Crippen LogP contribution in [0.15, 0.2) is 36.7 Å². The van der Waals surface area contributed by atoms with Crippen LogP contribution in [0.2, 0.25) is 0 Å². The molecule has 0 saturated carbocycles. The number of amides is 1. The van der Waals surface area contributed by atoms with Gasteiger partial charge >= 0.3 is 0 Å². The van der Waals surface area contributed by atoms with E-state index in [9.17, 15) is 4.79 Å². The third-order valence-electron chi connectivity index (χ3n) is 6.04. The van der Waals surface area contributed by atoms with E-state index in [-0.39, 0.29) is 11.9 Å². The van der Waals surface area contributed by atoms with E-state index in [0.29, 0.717) is 5.56 Å². The van der Waals surface area contributed by atoms with Crippen molar-refractivity contribution < 1.29 is 4.79 Å². The number of benzene rings is 1. The van der Waals surface area contributed by atoms with Gasteiger partial charge in [-0.05, 0) is 62.4 Å². The van der Waals surface area contributed by atoms with Gasteiger partial charge in [-0.2, -0.15) is 5.10 Å². The Labute approximate surface area is 170 Å². The molecule has 1 aromatic carbocycles. The molecule has 0 N–H and O–H groups in total. The van der Waals surface area contributed by atoms with Crippen molar-refractivity contribution in [3.05, 3.63) is 59.4 Å². The summed E-state index contributed by atoms with van der Waals surface area (Å²) in [6.45, 7) is 3.75. The van der Waals surface area contributed by atoms with Crippen LogP contribution in [0.1, 0.15) is 65.7 Å². The summed E-state index contributed by atoms with van der Waals surface area (Å²) >= 11 is 0. The summed E-state index contributed by atoms with van der Waals surface area (Å²) in [7, 11) is 0. The van der Waals surface area contributed by atoms with Crippen LogP contribution in [0.3, 0.4) is 0 Å². The first-order valence-electron chi connectivity index (χ1n) is 10.6.